The number of rotatable bonds is 10. The molecule has 4 aromatic heterocycles. The van der Waals surface area contributed by atoms with Crippen LogP contribution in [0.3, 0.4) is 0 Å². The molecule has 0 spiro atoms. The predicted octanol–water partition coefficient (Wildman–Crippen LogP) is 4.04. The minimum Gasteiger partial charge on any atom is -0.444 e. The highest BCUT2D eigenvalue weighted by Crippen LogP contribution is 2.33. The van der Waals surface area contributed by atoms with Crippen molar-refractivity contribution >= 4 is 47.5 Å². The lowest BCUT2D eigenvalue weighted by Crippen LogP contribution is -2.50. The molecule has 24 heteroatoms. The molecule has 6 amide bonds. The predicted molar refractivity (Wildman–Crippen MR) is 275 cm³/mol. The van der Waals surface area contributed by atoms with E-state index in [0.29, 0.717) is 76.8 Å². The maximum absolute atomic E-state index is 13.2. The molecule has 2 fully saturated rings. The van der Waals surface area contributed by atoms with Crippen molar-refractivity contribution in [2.45, 2.75) is 116 Å². The molecule has 6 aromatic rings. The first-order chi connectivity index (χ1) is 36.1. The van der Waals surface area contributed by atoms with E-state index in [-0.39, 0.29) is 47.5 Å². The van der Waals surface area contributed by atoms with Crippen molar-refractivity contribution in [3.05, 3.63) is 120 Å². The molecule has 8 heterocycles. The largest absolute Gasteiger partial charge is 0.444 e. The average Bonchev–Trinajstić information content (AvgIpc) is 4.16. The van der Waals surface area contributed by atoms with Crippen molar-refractivity contribution in [1.82, 2.24) is 69.5 Å². The van der Waals surface area contributed by atoms with Crippen molar-refractivity contribution in [3.8, 4) is 0 Å². The number of hydrogen-bond donors (Lipinski definition) is 2. The van der Waals surface area contributed by atoms with E-state index in [1.54, 1.807) is 42.6 Å². The van der Waals surface area contributed by atoms with Gasteiger partial charge < -0.3 is 29.9 Å². The molecule has 2 saturated heterocycles. The Morgan fingerprint density at radius 2 is 0.934 bits per heavy atom. The van der Waals surface area contributed by atoms with Crippen LogP contribution < -0.4 is 20.4 Å². The monoisotopic (exact) mass is 1040 g/mol. The third kappa shape index (κ3) is 12.2. The van der Waals surface area contributed by atoms with Gasteiger partial charge in [0, 0.05) is 77.3 Å². The molecule has 4 aliphatic rings. The van der Waals surface area contributed by atoms with Crippen LogP contribution in [-0.4, -0.2) is 158 Å². The maximum Gasteiger partial charge on any atom is 0.410 e. The highest BCUT2D eigenvalue weighted by atomic mass is 16.6. The highest BCUT2D eigenvalue weighted by molar-refractivity contribution is 6.01. The fraction of sp³-hybridized carbons (Fsp3) is 0.462. The van der Waals surface area contributed by atoms with E-state index in [1.165, 1.54) is 22.5 Å². The van der Waals surface area contributed by atoms with Crippen molar-refractivity contribution < 1.29 is 38.2 Å². The normalized spacial score (nSPS) is 18.0. The molecule has 2 atom stereocenters. The smallest absolute Gasteiger partial charge is 0.410 e. The SMILES string of the molecule is CN1C(=O)[C@@H](NC(=O)c2ncn(Cc3ccccc3)n2)CCn2nc(C3CN(C(=O)OC(C)(C)C)C3)cc21.CN1C(=O)[C@H](NC(=O)c2ncn(Cc3ccccc3)n2)CCn2nc(C3CN(C(=O)OC(C)(C)C)C3)cc21. The summed E-state index contributed by atoms with van der Waals surface area (Å²) in [5, 5.41) is 23.5. The number of fused-ring (bicyclic) bond motifs is 2. The maximum atomic E-state index is 13.2. The van der Waals surface area contributed by atoms with Gasteiger partial charge in [0.25, 0.3) is 23.6 Å². The first kappa shape index (κ1) is 52.4. The second-order valence-corrected chi connectivity index (χ2v) is 21.4. The minimum atomic E-state index is -0.731. The molecular formula is C52H64N16O8. The van der Waals surface area contributed by atoms with Gasteiger partial charge >= 0.3 is 12.2 Å². The molecule has 24 nitrogen and oxygen atoms in total. The van der Waals surface area contributed by atoms with Crippen LogP contribution in [0.25, 0.3) is 0 Å². The molecule has 4 aliphatic heterocycles. The number of nitrogens with zero attached hydrogens (tertiary/aromatic N) is 14. The number of likely N-dealkylation sites (tertiary alicyclic amines) is 2. The lowest BCUT2D eigenvalue weighted by Gasteiger charge is -2.38. The quantitative estimate of drug-likeness (QED) is 0.196. The molecule has 0 bridgehead atoms. The standard InChI is InChI=1S/2C26H32N8O4/c2*1-26(2,3)38-25(37)32-14-18(15-32)20-12-21-31(4)24(36)19(10-11-34(21)29-20)28-23(35)22-27-16-33(30-22)13-17-8-6-5-7-9-17/h2*5-9,12,16,18-19H,10-11,13-15H2,1-4H3,(H,28,35)/t2*19-/m10/s1. The van der Waals surface area contributed by atoms with Crippen molar-refractivity contribution in [2.75, 3.05) is 50.1 Å². The van der Waals surface area contributed by atoms with Gasteiger partial charge in [-0.05, 0) is 65.5 Å². The van der Waals surface area contributed by atoms with Gasteiger partial charge in [-0.15, -0.1) is 10.2 Å². The summed E-state index contributed by atoms with van der Waals surface area (Å²) < 4.78 is 17.6. The van der Waals surface area contributed by atoms with Crippen LogP contribution in [0.5, 0.6) is 0 Å². The van der Waals surface area contributed by atoms with Gasteiger partial charge in [-0.3, -0.25) is 29.0 Å². The lowest BCUT2D eigenvalue weighted by atomic mass is 9.97. The lowest BCUT2D eigenvalue weighted by molar-refractivity contribution is -0.120. The molecule has 400 valence electrons. The summed E-state index contributed by atoms with van der Waals surface area (Å²) in [5.41, 5.74) is 2.66. The molecular weight excluding hydrogens is 977 g/mol. The number of benzene rings is 2. The highest BCUT2D eigenvalue weighted by Gasteiger charge is 2.40. The van der Waals surface area contributed by atoms with Gasteiger partial charge in [0.15, 0.2) is 0 Å². The van der Waals surface area contributed by atoms with Gasteiger partial charge in [0.1, 0.15) is 47.6 Å². The van der Waals surface area contributed by atoms with Crippen LogP contribution in [0.1, 0.15) is 110 Å². The Kier molecular flexibility index (Phi) is 14.8. The summed E-state index contributed by atoms with van der Waals surface area (Å²) in [6, 6.07) is 21.8. The van der Waals surface area contributed by atoms with E-state index in [1.807, 2.05) is 114 Å². The van der Waals surface area contributed by atoms with Gasteiger partial charge in [0.2, 0.25) is 11.6 Å². The first-order valence-corrected chi connectivity index (χ1v) is 25.3. The number of anilines is 2. The number of hydrogen-bond acceptors (Lipinski definition) is 14. The Bertz CT molecular complexity index is 2880. The summed E-state index contributed by atoms with van der Waals surface area (Å²) in [6.45, 7) is 15.0. The summed E-state index contributed by atoms with van der Waals surface area (Å²) in [4.78, 5) is 91.1. The van der Waals surface area contributed by atoms with Crippen LogP contribution in [0.4, 0.5) is 21.2 Å². The summed E-state index contributed by atoms with van der Waals surface area (Å²) in [6.07, 6.45) is 3.10. The summed E-state index contributed by atoms with van der Waals surface area (Å²) in [7, 11) is 3.34. The van der Waals surface area contributed by atoms with Crippen LogP contribution >= 0.6 is 0 Å². The molecule has 2 aromatic carbocycles. The minimum absolute atomic E-state index is 0.0141. The number of aromatic nitrogens is 10. The number of aryl methyl sites for hydroxylation is 2. The van der Waals surface area contributed by atoms with E-state index >= 15 is 0 Å². The topological polar surface area (TPSA) is 255 Å². The fourth-order valence-electron chi connectivity index (χ4n) is 9.05. The van der Waals surface area contributed by atoms with Crippen LogP contribution in [-0.2, 0) is 45.2 Å². The van der Waals surface area contributed by atoms with Crippen LogP contribution in [0, 0.1) is 0 Å². The zero-order chi connectivity index (χ0) is 54.1. The van der Waals surface area contributed by atoms with Gasteiger partial charge in [-0.1, -0.05) is 60.7 Å². The van der Waals surface area contributed by atoms with Gasteiger partial charge in [0.05, 0.1) is 24.5 Å². The molecule has 0 radical (unpaired) electrons. The molecule has 0 aliphatic carbocycles. The molecule has 10 rings (SSSR count). The number of carbonyl (C=O) groups is 6. The van der Waals surface area contributed by atoms with Crippen molar-refractivity contribution in [2.24, 2.45) is 0 Å². The Morgan fingerprint density at radius 1 is 0.566 bits per heavy atom. The van der Waals surface area contributed by atoms with E-state index in [9.17, 15) is 28.8 Å². The molecule has 76 heavy (non-hydrogen) atoms. The van der Waals surface area contributed by atoms with E-state index < -0.39 is 35.1 Å². The van der Waals surface area contributed by atoms with Gasteiger partial charge in [-0.25, -0.2) is 38.3 Å². The number of ether oxygens (including phenoxy) is 2. The Balaban J connectivity index is 0.000000186. The Labute approximate surface area is 439 Å². The third-order valence-corrected chi connectivity index (χ3v) is 13.1. The number of carbonyl (C=O) groups excluding carboxylic acids is 6. The zero-order valence-corrected chi connectivity index (χ0v) is 44.0. The van der Waals surface area contributed by atoms with E-state index in [4.69, 9.17) is 19.7 Å². The van der Waals surface area contributed by atoms with Crippen molar-refractivity contribution in [1.29, 1.82) is 0 Å². The van der Waals surface area contributed by atoms with Crippen LogP contribution in [0.2, 0.25) is 0 Å². The fourth-order valence-corrected chi connectivity index (χ4v) is 9.05. The molecule has 0 saturated carbocycles. The molecule has 0 unspecified atom stereocenters. The van der Waals surface area contributed by atoms with E-state index in [2.05, 4.69) is 30.8 Å². The average molecular weight is 1040 g/mol. The summed E-state index contributed by atoms with van der Waals surface area (Å²) >= 11 is 0. The second-order valence-electron chi connectivity index (χ2n) is 21.4. The number of likely N-dealkylation sites (N-methyl/N-ethyl adjacent to an activating group) is 2. The van der Waals surface area contributed by atoms with Gasteiger partial charge in [-0.2, -0.15) is 10.2 Å². The number of nitrogens with one attached hydrogen (secondary N) is 2. The first-order valence-electron chi connectivity index (χ1n) is 25.3. The third-order valence-electron chi connectivity index (χ3n) is 13.1. The number of amides is 6. The van der Waals surface area contributed by atoms with Crippen LogP contribution in [0.15, 0.2) is 85.5 Å². The zero-order valence-electron chi connectivity index (χ0n) is 44.0. The Hall–Kier alpha value is -8.44. The molecule has 2 N–H and O–H groups in total. The van der Waals surface area contributed by atoms with Crippen molar-refractivity contribution in [3.63, 3.8) is 0 Å². The van der Waals surface area contributed by atoms with E-state index in [0.717, 1.165) is 22.5 Å². The summed E-state index contributed by atoms with van der Waals surface area (Å²) in [5.74, 6) is 0.0235. The second kappa shape index (κ2) is 21.4. The Morgan fingerprint density at radius 3 is 1.29 bits per heavy atom.